The van der Waals surface area contributed by atoms with Gasteiger partial charge in [0.2, 0.25) is 12.7 Å². The number of carbonyl (C=O) groups is 2. The maximum absolute atomic E-state index is 12.1. The summed E-state index contributed by atoms with van der Waals surface area (Å²) >= 11 is 0. The fourth-order valence-corrected chi connectivity index (χ4v) is 2.65. The van der Waals surface area contributed by atoms with Crippen LogP contribution in [0, 0.1) is 0 Å². The number of cyclic esters (lactones) is 1. The summed E-state index contributed by atoms with van der Waals surface area (Å²) in [6, 6.07) is 11.9. The number of ether oxygens (including phenoxy) is 4. The lowest BCUT2D eigenvalue weighted by atomic mass is 10.1. The van der Waals surface area contributed by atoms with Gasteiger partial charge in [-0.2, -0.15) is 0 Å². The van der Waals surface area contributed by atoms with Gasteiger partial charge in [-0.3, -0.25) is 0 Å². The Morgan fingerprint density at radius 2 is 1.93 bits per heavy atom. The first-order valence-electron chi connectivity index (χ1n) is 8.34. The van der Waals surface area contributed by atoms with Crippen molar-refractivity contribution in [3.63, 3.8) is 0 Å². The first-order chi connectivity index (χ1) is 13.1. The molecule has 0 radical (unpaired) electrons. The van der Waals surface area contributed by atoms with Crippen LogP contribution in [0.1, 0.15) is 28.4 Å². The minimum Gasteiger partial charge on any atom is -0.462 e. The van der Waals surface area contributed by atoms with E-state index in [1.165, 1.54) is 0 Å². The van der Waals surface area contributed by atoms with E-state index >= 15 is 0 Å². The zero-order valence-electron chi connectivity index (χ0n) is 14.4. The quantitative estimate of drug-likeness (QED) is 0.612. The number of esters is 2. The van der Waals surface area contributed by atoms with Crippen LogP contribution in [0.25, 0.3) is 6.08 Å². The lowest BCUT2D eigenvalue weighted by Crippen LogP contribution is -2.05. The molecule has 2 heterocycles. The third kappa shape index (κ3) is 3.39. The van der Waals surface area contributed by atoms with Gasteiger partial charge in [0, 0.05) is 5.56 Å². The fourth-order valence-electron chi connectivity index (χ4n) is 2.65. The second-order valence-electron chi connectivity index (χ2n) is 5.75. The number of aliphatic imine (C=N–C) groups is 1. The molecular weight excluding hydrogens is 350 g/mol. The van der Waals surface area contributed by atoms with Gasteiger partial charge in [-0.1, -0.05) is 12.1 Å². The number of carbonyl (C=O) groups excluding carboxylic acids is 2. The van der Waals surface area contributed by atoms with E-state index in [2.05, 4.69) is 4.99 Å². The van der Waals surface area contributed by atoms with Crippen LogP contribution in [0.3, 0.4) is 0 Å². The zero-order chi connectivity index (χ0) is 18.8. The number of rotatable bonds is 4. The number of hydrogen-bond donors (Lipinski definition) is 0. The number of nitrogens with zero attached hydrogens (tertiary/aromatic N) is 1. The van der Waals surface area contributed by atoms with Gasteiger partial charge in [-0.05, 0) is 48.9 Å². The van der Waals surface area contributed by atoms with Crippen molar-refractivity contribution in [2.24, 2.45) is 4.99 Å². The fraction of sp³-hybridized carbons (Fsp3) is 0.150. The summed E-state index contributed by atoms with van der Waals surface area (Å²) in [5.41, 5.74) is 1.95. The van der Waals surface area contributed by atoms with Gasteiger partial charge in [0.05, 0.1) is 12.2 Å². The van der Waals surface area contributed by atoms with E-state index in [1.54, 1.807) is 55.5 Å². The van der Waals surface area contributed by atoms with Crippen LogP contribution in [-0.4, -0.2) is 31.2 Å². The molecule has 2 aliphatic rings. The van der Waals surface area contributed by atoms with Crippen LogP contribution >= 0.6 is 0 Å². The van der Waals surface area contributed by atoms with Crippen molar-refractivity contribution in [1.29, 1.82) is 0 Å². The molecule has 136 valence electrons. The molecule has 0 unspecified atom stereocenters. The van der Waals surface area contributed by atoms with Crippen molar-refractivity contribution in [2.75, 3.05) is 13.4 Å². The summed E-state index contributed by atoms with van der Waals surface area (Å²) in [4.78, 5) is 28.1. The number of hydrogen-bond acceptors (Lipinski definition) is 7. The average molecular weight is 365 g/mol. The molecule has 0 aliphatic carbocycles. The first-order valence-corrected chi connectivity index (χ1v) is 8.34. The Morgan fingerprint density at radius 3 is 2.70 bits per heavy atom. The highest BCUT2D eigenvalue weighted by atomic mass is 16.7. The van der Waals surface area contributed by atoms with Crippen molar-refractivity contribution in [3.8, 4) is 11.5 Å². The van der Waals surface area contributed by atoms with Gasteiger partial charge in [-0.25, -0.2) is 14.6 Å². The molecule has 0 atom stereocenters. The van der Waals surface area contributed by atoms with Crippen molar-refractivity contribution < 1.29 is 28.5 Å². The molecule has 0 fully saturated rings. The Hall–Kier alpha value is -3.61. The van der Waals surface area contributed by atoms with E-state index < -0.39 is 5.97 Å². The van der Waals surface area contributed by atoms with E-state index in [-0.39, 0.29) is 24.4 Å². The minimum atomic E-state index is -0.544. The van der Waals surface area contributed by atoms with Crippen molar-refractivity contribution >= 4 is 23.9 Å². The smallest absolute Gasteiger partial charge is 0.363 e. The number of fused-ring (bicyclic) bond motifs is 1. The van der Waals surface area contributed by atoms with Crippen LogP contribution in [0.2, 0.25) is 0 Å². The average Bonchev–Trinajstić information content (AvgIpc) is 3.28. The highest BCUT2D eigenvalue weighted by Crippen LogP contribution is 2.33. The molecule has 2 aromatic rings. The Labute approximate surface area is 154 Å². The third-order valence-electron chi connectivity index (χ3n) is 3.97. The lowest BCUT2D eigenvalue weighted by molar-refractivity contribution is -0.129. The first kappa shape index (κ1) is 16.8. The second kappa shape index (κ2) is 6.95. The summed E-state index contributed by atoms with van der Waals surface area (Å²) in [6.07, 6.45) is 1.59. The Kier molecular flexibility index (Phi) is 4.33. The number of benzene rings is 2. The Balaban J connectivity index is 1.56. The highest BCUT2D eigenvalue weighted by molar-refractivity contribution is 6.13. The normalized spacial score (nSPS) is 16.3. The van der Waals surface area contributed by atoms with Gasteiger partial charge in [-0.15, -0.1) is 0 Å². The van der Waals surface area contributed by atoms with Crippen molar-refractivity contribution in [3.05, 3.63) is 64.9 Å². The summed E-state index contributed by atoms with van der Waals surface area (Å²) in [5, 5.41) is 0. The molecule has 7 nitrogen and oxygen atoms in total. The molecule has 0 saturated carbocycles. The largest absolute Gasteiger partial charge is 0.462 e. The molecule has 2 aromatic carbocycles. The minimum absolute atomic E-state index is 0.165. The topological polar surface area (TPSA) is 83.4 Å². The van der Waals surface area contributed by atoms with E-state index in [9.17, 15) is 9.59 Å². The highest BCUT2D eigenvalue weighted by Gasteiger charge is 2.25. The van der Waals surface area contributed by atoms with Gasteiger partial charge in [0.25, 0.3) is 0 Å². The van der Waals surface area contributed by atoms with Gasteiger partial charge < -0.3 is 18.9 Å². The van der Waals surface area contributed by atoms with Gasteiger partial charge in [0.1, 0.15) is 0 Å². The predicted molar refractivity (Wildman–Crippen MR) is 95.6 cm³/mol. The summed E-state index contributed by atoms with van der Waals surface area (Å²) in [7, 11) is 0. The summed E-state index contributed by atoms with van der Waals surface area (Å²) in [5.74, 6) is 0.490. The molecule has 0 saturated heterocycles. The predicted octanol–water partition coefficient (Wildman–Crippen LogP) is 2.94. The van der Waals surface area contributed by atoms with Crippen LogP contribution in [0.15, 0.2) is 53.2 Å². The molecule has 4 rings (SSSR count). The van der Waals surface area contributed by atoms with Crippen LogP contribution in [0.4, 0.5) is 0 Å². The van der Waals surface area contributed by atoms with Crippen molar-refractivity contribution in [1.82, 2.24) is 0 Å². The van der Waals surface area contributed by atoms with Crippen LogP contribution in [0.5, 0.6) is 11.5 Å². The summed E-state index contributed by atoms with van der Waals surface area (Å²) < 4.78 is 20.8. The molecule has 0 amide bonds. The summed E-state index contributed by atoms with van der Waals surface area (Å²) in [6.45, 7) is 2.23. The molecule has 0 bridgehead atoms. The zero-order valence-corrected chi connectivity index (χ0v) is 14.4. The molecule has 0 N–H and O–H groups in total. The van der Waals surface area contributed by atoms with E-state index in [1.807, 2.05) is 0 Å². The molecule has 27 heavy (non-hydrogen) atoms. The maximum Gasteiger partial charge on any atom is 0.363 e. The van der Waals surface area contributed by atoms with E-state index in [0.29, 0.717) is 34.8 Å². The molecule has 7 heteroatoms. The van der Waals surface area contributed by atoms with E-state index in [0.717, 1.165) is 0 Å². The Bertz CT molecular complexity index is 974. The second-order valence-corrected chi connectivity index (χ2v) is 5.75. The molecule has 0 aromatic heterocycles. The SMILES string of the molecule is CCOC(=O)c1ccc(/C=C2\N=C(c3ccc4c(c3)OCO4)OC2=O)cc1. The van der Waals surface area contributed by atoms with Crippen LogP contribution < -0.4 is 9.47 Å². The van der Waals surface area contributed by atoms with Crippen LogP contribution in [-0.2, 0) is 14.3 Å². The molecule has 0 spiro atoms. The standard InChI is InChI=1S/C20H15NO6/c1-2-24-19(22)13-5-3-12(4-6-13)9-15-20(23)27-18(21-15)14-7-8-16-17(10-14)26-11-25-16/h3-10H,2,11H2,1H3/b15-9-. The monoisotopic (exact) mass is 365 g/mol. The molecule has 2 aliphatic heterocycles. The third-order valence-corrected chi connectivity index (χ3v) is 3.97. The molecular formula is C20H15NO6. The van der Waals surface area contributed by atoms with Gasteiger partial charge in [0.15, 0.2) is 17.2 Å². The van der Waals surface area contributed by atoms with Gasteiger partial charge >= 0.3 is 11.9 Å². The maximum atomic E-state index is 12.1. The lowest BCUT2D eigenvalue weighted by Gasteiger charge is -2.01. The van der Waals surface area contributed by atoms with Crippen molar-refractivity contribution in [2.45, 2.75) is 6.92 Å². The van der Waals surface area contributed by atoms with E-state index in [4.69, 9.17) is 18.9 Å². The Morgan fingerprint density at radius 1 is 1.15 bits per heavy atom.